The molecule has 0 saturated carbocycles. The van der Waals surface area contributed by atoms with E-state index in [0.29, 0.717) is 6.54 Å². The Hall–Kier alpha value is -2.47. The molecule has 0 aliphatic carbocycles. The van der Waals surface area contributed by atoms with Gasteiger partial charge in [-0.25, -0.2) is 0 Å². The van der Waals surface area contributed by atoms with E-state index in [2.05, 4.69) is 20.2 Å². The van der Waals surface area contributed by atoms with E-state index in [-0.39, 0.29) is 17.4 Å². The van der Waals surface area contributed by atoms with E-state index in [9.17, 15) is 4.79 Å². The molecule has 1 atom stereocenters. The first-order chi connectivity index (χ1) is 10.3. The lowest BCUT2D eigenvalue weighted by molar-refractivity contribution is -0.122. The van der Waals surface area contributed by atoms with Gasteiger partial charge in [0.15, 0.2) is 0 Å². The standard InChI is InChI=1S/C16H18N4O.H2O/c21-16(19-12-13-3-1-7-18-11-13)15-4-2-10-20(15)14-5-8-17-9-6-14;/h1,3,5-9,11,15H,2,4,10,12H2,(H,19,21);1H2/t15-;/m0./s1. The second-order valence-electron chi connectivity index (χ2n) is 5.14. The Labute approximate surface area is 129 Å². The van der Waals surface area contributed by atoms with Gasteiger partial charge in [0.25, 0.3) is 0 Å². The van der Waals surface area contributed by atoms with Crippen LogP contribution >= 0.6 is 0 Å². The number of hydrogen-bond acceptors (Lipinski definition) is 4. The van der Waals surface area contributed by atoms with Crippen LogP contribution in [0.3, 0.4) is 0 Å². The van der Waals surface area contributed by atoms with Gasteiger partial charge in [-0.1, -0.05) is 6.07 Å². The van der Waals surface area contributed by atoms with Crippen molar-refractivity contribution in [3.63, 3.8) is 0 Å². The Morgan fingerprint density at radius 1 is 1.23 bits per heavy atom. The van der Waals surface area contributed by atoms with Crippen LogP contribution in [-0.4, -0.2) is 33.9 Å². The van der Waals surface area contributed by atoms with Crippen molar-refractivity contribution in [3.8, 4) is 0 Å². The molecule has 0 radical (unpaired) electrons. The quantitative estimate of drug-likeness (QED) is 0.910. The molecule has 1 amide bonds. The number of pyridine rings is 2. The van der Waals surface area contributed by atoms with Crippen LogP contribution in [0, 0.1) is 0 Å². The minimum absolute atomic E-state index is 0. The van der Waals surface area contributed by atoms with Crippen LogP contribution in [0.5, 0.6) is 0 Å². The highest BCUT2D eigenvalue weighted by Gasteiger charge is 2.30. The smallest absolute Gasteiger partial charge is 0.242 e. The molecule has 22 heavy (non-hydrogen) atoms. The van der Waals surface area contributed by atoms with Crippen LogP contribution in [0.2, 0.25) is 0 Å². The van der Waals surface area contributed by atoms with Gasteiger partial charge >= 0.3 is 0 Å². The van der Waals surface area contributed by atoms with Gasteiger partial charge in [-0.2, -0.15) is 0 Å². The molecule has 1 aliphatic heterocycles. The normalized spacial score (nSPS) is 16.9. The minimum Gasteiger partial charge on any atom is -0.412 e. The number of carbonyl (C=O) groups is 1. The Balaban J connectivity index is 0.00000176. The zero-order chi connectivity index (χ0) is 14.5. The third-order valence-electron chi connectivity index (χ3n) is 3.74. The third kappa shape index (κ3) is 3.59. The number of carbonyl (C=O) groups excluding carboxylic acids is 1. The van der Waals surface area contributed by atoms with E-state index < -0.39 is 0 Å². The highest BCUT2D eigenvalue weighted by molar-refractivity contribution is 5.85. The summed E-state index contributed by atoms with van der Waals surface area (Å²) in [7, 11) is 0. The minimum atomic E-state index is -0.0935. The zero-order valence-electron chi connectivity index (χ0n) is 12.3. The van der Waals surface area contributed by atoms with Crippen molar-refractivity contribution in [1.29, 1.82) is 0 Å². The number of amides is 1. The first kappa shape index (κ1) is 15.9. The summed E-state index contributed by atoms with van der Waals surface area (Å²) in [6.45, 7) is 1.43. The van der Waals surface area contributed by atoms with E-state index in [1.165, 1.54) is 0 Å². The van der Waals surface area contributed by atoms with Gasteiger partial charge in [0.05, 0.1) is 0 Å². The second kappa shape index (κ2) is 7.51. The number of nitrogens with zero attached hydrogens (tertiary/aromatic N) is 3. The van der Waals surface area contributed by atoms with Gasteiger partial charge in [-0.05, 0) is 36.6 Å². The fourth-order valence-electron chi connectivity index (χ4n) is 2.69. The average Bonchev–Trinajstić information content (AvgIpc) is 3.04. The fraction of sp³-hybridized carbons (Fsp3) is 0.312. The SMILES string of the molecule is O.O=C(NCc1cccnc1)[C@@H]1CCCN1c1ccncc1. The van der Waals surface area contributed by atoms with Gasteiger partial charge in [0.1, 0.15) is 6.04 Å². The molecule has 0 aromatic carbocycles. The van der Waals surface area contributed by atoms with Crippen molar-refractivity contribution in [3.05, 3.63) is 54.6 Å². The van der Waals surface area contributed by atoms with E-state index in [0.717, 1.165) is 30.6 Å². The summed E-state index contributed by atoms with van der Waals surface area (Å²) in [5.74, 6) is 0.0770. The molecule has 1 saturated heterocycles. The summed E-state index contributed by atoms with van der Waals surface area (Å²) >= 11 is 0. The van der Waals surface area contributed by atoms with Gasteiger partial charge in [-0.3, -0.25) is 14.8 Å². The second-order valence-corrected chi connectivity index (χ2v) is 5.14. The number of hydrogen-bond donors (Lipinski definition) is 1. The molecule has 3 N–H and O–H groups in total. The summed E-state index contributed by atoms with van der Waals surface area (Å²) in [6, 6.07) is 7.64. The monoisotopic (exact) mass is 300 g/mol. The van der Waals surface area contributed by atoms with E-state index in [1.54, 1.807) is 24.8 Å². The molecule has 2 aromatic rings. The molecule has 2 aromatic heterocycles. The Kier molecular flexibility index (Phi) is 5.43. The van der Waals surface area contributed by atoms with Crippen molar-refractivity contribution in [2.24, 2.45) is 0 Å². The Morgan fingerprint density at radius 3 is 2.77 bits per heavy atom. The zero-order valence-corrected chi connectivity index (χ0v) is 12.3. The third-order valence-corrected chi connectivity index (χ3v) is 3.74. The van der Waals surface area contributed by atoms with Gasteiger partial charge in [0.2, 0.25) is 5.91 Å². The highest BCUT2D eigenvalue weighted by atomic mass is 16.2. The summed E-state index contributed by atoms with van der Waals surface area (Å²) < 4.78 is 0. The van der Waals surface area contributed by atoms with Crippen molar-refractivity contribution in [2.75, 3.05) is 11.4 Å². The lowest BCUT2D eigenvalue weighted by Crippen LogP contribution is -2.43. The molecule has 3 heterocycles. The maximum atomic E-state index is 12.4. The number of aromatic nitrogens is 2. The maximum absolute atomic E-state index is 12.4. The summed E-state index contributed by atoms with van der Waals surface area (Å²) in [5.41, 5.74) is 2.07. The van der Waals surface area contributed by atoms with Gasteiger partial charge in [-0.15, -0.1) is 0 Å². The molecular formula is C16H20N4O2. The van der Waals surface area contributed by atoms with Gasteiger partial charge < -0.3 is 15.7 Å². The molecule has 0 unspecified atom stereocenters. The summed E-state index contributed by atoms with van der Waals surface area (Å²) in [5, 5.41) is 3.00. The van der Waals surface area contributed by atoms with E-state index >= 15 is 0 Å². The Morgan fingerprint density at radius 2 is 2.05 bits per heavy atom. The van der Waals surface area contributed by atoms with Crippen LogP contribution in [0.4, 0.5) is 5.69 Å². The predicted octanol–water partition coefficient (Wildman–Crippen LogP) is 0.937. The van der Waals surface area contributed by atoms with Crippen molar-refractivity contribution < 1.29 is 10.3 Å². The molecule has 0 bridgehead atoms. The average molecular weight is 300 g/mol. The van der Waals surface area contributed by atoms with Crippen LogP contribution in [0.15, 0.2) is 49.1 Å². The molecule has 1 aliphatic rings. The Bertz CT molecular complexity index is 592. The lowest BCUT2D eigenvalue weighted by Gasteiger charge is -2.25. The van der Waals surface area contributed by atoms with E-state index in [1.807, 2.05) is 24.3 Å². The van der Waals surface area contributed by atoms with Crippen molar-refractivity contribution in [1.82, 2.24) is 15.3 Å². The van der Waals surface area contributed by atoms with Crippen molar-refractivity contribution in [2.45, 2.75) is 25.4 Å². The van der Waals surface area contributed by atoms with Gasteiger partial charge in [0, 0.05) is 43.6 Å². The first-order valence-electron chi connectivity index (χ1n) is 7.18. The van der Waals surface area contributed by atoms with Crippen LogP contribution in [0.1, 0.15) is 18.4 Å². The topological polar surface area (TPSA) is 89.6 Å². The summed E-state index contributed by atoms with van der Waals surface area (Å²) in [6.07, 6.45) is 8.95. The molecule has 6 nitrogen and oxygen atoms in total. The first-order valence-corrected chi connectivity index (χ1v) is 7.18. The van der Waals surface area contributed by atoms with Crippen LogP contribution < -0.4 is 10.2 Å². The fourth-order valence-corrected chi connectivity index (χ4v) is 2.69. The molecule has 1 fully saturated rings. The number of rotatable bonds is 4. The van der Waals surface area contributed by atoms with Crippen LogP contribution in [-0.2, 0) is 11.3 Å². The molecule has 116 valence electrons. The number of anilines is 1. The lowest BCUT2D eigenvalue weighted by atomic mass is 10.2. The highest BCUT2D eigenvalue weighted by Crippen LogP contribution is 2.24. The maximum Gasteiger partial charge on any atom is 0.242 e. The van der Waals surface area contributed by atoms with E-state index in [4.69, 9.17) is 0 Å². The molecular weight excluding hydrogens is 280 g/mol. The molecule has 3 rings (SSSR count). The predicted molar refractivity (Wildman–Crippen MR) is 84.3 cm³/mol. The van der Waals surface area contributed by atoms with Crippen molar-refractivity contribution >= 4 is 11.6 Å². The number of nitrogens with one attached hydrogen (secondary N) is 1. The largest absolute Gasteiger partial charge is 0.412 e. The van der Waals surface area contributed by atoms with Crippen LogP contribution in [0.25, 0.3) is 0 Å². The molecule has 0 spiro atoms. The molecule has 6 heteroatoms. The summed E-state index contributed by atoms with van der Waals surface area (Å²) in [4.78, 5) is 22.6.